The van der Waals surface area contributed by atoms with Gasteiger partial charge in [-0.25, -0.2) is 0 Å². The first kappa shape index (κ1) is 16.7. The summed E-state index contributed by atoms with van der Waals surface area (Å²) in [5.74, 6) is 0.0491. The van der Waals surface area contributed by atoms with Crippen molar-refractivity contribution in [3.63, 3.8) is 0 Å². The molecule has 1 aromatic heterocycles. The number of carbonyl (C=O) groups excluding carboxylic acids is 1. The lowest BCUT2D eigenvalue weighted by molar-refractivity contribution is 0.0262. The maximum atomic E-state index is 11.4. The minimum atomic E-state index is -0.621. The molecule has 1 aliphatic heterocycles. The SMILES string of the molecule is [CH2+]C1(C)OB(c2ccnc(-c3ccc(C(C)=O)cc3)c2)OC1(C)C. The topological polar surface area (TPSA) is 48.4 Å². The molecule has 3 rings (SSSR count). The molecular weight excluding hydrogens is 301 g/mol. The zero-order chi connectivity index (χ0) is 17.5. The van der Waals surface area contributed by atoms with E-state index in [0.717, 1.165) is 16.7 Å². The molecule has 0 amide bonds. The van der Waals surface area contributed by atoms with E-state index in [0.29, 0.717) is 5.56 Å². The summed E-state index contributed by atoms with van der Waals surface area (Å²) in [4.78, 5) is 15.8. The number of pyridine rings is 1. The van der Waals surface area contributed by atoms with Gasteiger partial charge in [-0.05, 0) is 38.4 Å². The van der Waals surface area contributed by atoms with Crippen LogP contribution in [0.4, 0.5) is 0 Å². The monoisotopic (exact) mass is 322 g/mol. The zero-order valence-corrected chi connectivity index (χ0v) is 14.5. The molecule has 0 radical (unpaired) electrons. The average Bonchev–Trinajstić information content (AvgIpc) is 2.76. The van der Waals surface area contributed by atoms with Crippen LogP contribution >= 0.6 is 0 Å². The summed E-state index contributed by atoms with van der Waals surface area (Å²) in [6.07, 6.45) is 1.74. The van der Waals surface area contributed by atoms with Gasteiger partial charge in [0, 0.05) is 24.2 Å². The number of hydrogen-bond donors (Lipinski definition) is 0. The van der Waals surface area contributed by atoms with E-state index in [-0.39, 0.29) is 5.78 Å². The van der Waals surface area contributed by atoms with Crippen LogP contribution in [0, 0.1) is 6.92 Å². The first-order valence-electron chi connectivity index (χ1n) is 7.98. The molecule has 1 atom stereocenters. The Hall–Kier alpha value is -2.11. The van der Waals surface area contributed by atoms with Gasteiger partial charge in [-0.1, -0.05) is 24.3 Å². The van der Waals surface area contributed by atoms with Crippen molar-refractivity contribution in [3.8, 4) is 11.3 Å². The van der Waals surface area contributed by atoms with Gasteiger partial charge in [0.05, 0.1) is 12.6 Å². The van der Waals surface area contributed by atoms with Gasteiger partial charge in [0.2, 0.25) is 5.60 Å². The second-order valence-electron chi connectivity index (χ2n) is 6.92. The van der Waals surface area contributed by atoms with Crippen molar-refractivity contribution in [2.24, 2.45) is 0 Å². The van der Waals surface area contributed by atoms with Gasteiger partial charge < -0.3 is 9.31 Å². The molecular formula is C19H21BNO3+. The molecule has 0 bridgehead atoms. The van der Waals surface area contributed by atoms with Crippen molar-refractivity contribution in [2.45, 2.75) is 38.9 Å². The lowest BCUT2D eigenvalue weighted by Crippen LogP contribution is -2.42. The number of ketones is 1. The molecule has 1 aromatic carbocycles. The maximum Gasteiger partial charge on any atom is 0.498 e. The second-order valence-corrected chi connectivity index (χ2v) is 6.92. The third kappa shape index (κ3) is 2.97. The first-order chi connectivity index (χ1) is 11.2. The Labute approximate surface area is 143 Å². The van der Waals surface area contributed by atoms with Crippen molar-refractivity contribution in [1.29, 1.82) is 0 Å². The summed E-state index contributed by atoms with van der Waals surface area (Å²) in [5.41, 5.74) is 2.24. The molecule has 122 valence electrons. The number of benzene rings is 1. The van der Waals surface area contributed by atoms with Crippen molar-refractivity contribution < 1.29 is 14.1 Å². The molecule has 1 saturated heterocycles. The molecule has 5 heteroatoms. The fraction of sp³-hybridized carbons (Fsp3) is 0.316. The minimum Gasteiger partial charge on any atom is -0.395 e. The van der Waals surface area contributed by atoms with Crippen molar-refractivity contribution in [2.75, 3.05) is 0 Å². The van der Waals surface area contributed by atoms with Crippen LogP contribution < -0.4 is 5.46 Å². The van der Waals surface area contributed by atoms with E-state index in [1.165, 1.54) is 0 Å². The molecule has 0 saturated carbocycles. The van der Waals surface area contributed by atoms with E-state index < -0.39 is 18.3 Å². The Bertz CT molecular complexity index is 752. The van der Waals surface area contributed by atoms with E-state index in [1.807, 2.05) is 57.2 Å². The summed E-state index contributed by atoms with van der Waals surface area (Å²) in [6, 6.07) is 11.2. The van der Waals surface area contributed by atoms with Crippen molar-refractivity contribution >= 4 is 18.4 Å². The molecule has 0 aliphatic carbocycles. The van der Waals surface area contributed by atoms with E-state index in [9.17, 15) is 4.79 Å². The number of nitrogens with zero attached hydrogens (tertiary/aromatic N) is 1. The third-order valence-corrected chi connectivity index (χ3v) is 4.69. The highest BCUT2D eigenvalue weighted by molar-refractivity contribution is 6.62. The molecule has 0 spiro atoms. The number of hydrogen-bond acceptors (Lipinski definition) is 4. The van der Waals surface area contributed by atoms with Crippen molar-refractivity contribution in [1.82, 2.24) is 4.98 Å². The van der Waals surface area contributed by atoms with E-state index >= 15 is 0 Å². The maximum absolute atomic E-state index is 11.4. The smallest absolute Gasteiger partial charge is 0.395 e. The molecule has 2 aromatic rings. The van der Waals surface area contributed by atoms with Gasteiger partial charge in [-0.2, -0.15) is 0 Å². The minimum absolute atomic E-state index is 0.0491. The van der Waals surface area contributed by atoms with E-state index in [4.69, 9.17) is 9.31 Å². The Balaban J connectivity index is 1.89. The Morgan fingerprint density at radius 3 is 2.33 bits per heavy atom. The van der Waals surface area contributed by atoms with Crippen LogP contribution in [-0.2, 0) is 9.31 Å². The quantitative estimate of drug-likeness (QED) is 0.495. The molecule has 2 heterocycles. The third-order valence-electron chi connectivity index (χ3n) is 4.69. The summed E-state index contributed by atoms with van der Waals surface area (Å²) in [7, 11) is -0.472. The first-order valence-corrected chi connectivity index (χ1v) is 7.98. The van der Waals surface area contributed by atoms with Crippen LogP contribution in [0.1, 0.15) is 38.1 Å². The highest BCUT2D eigenvalue weighted by atomic mass is 16.7. The van der Waals surface area contributed by atoms with Crippen molar-refractivity contribution in [3.05, 3.63) is 55.1 Å². The highest BCUT2D eigenvalue weighted by Gasteiger charge is 2.57. The van der Waals surface area contributed by atoms with E-state index in [1.54, 1.807) is 13.1 Å². The van der Waals surface area contributed by atoms with Crippen LogP contribution in [-0.4, -0.2) is 29.1 Å². The Kier molecular flexibility index (Phi) is 4.02. The average molecular weight is 322 g/mol. The molecule has 4 nitrogen and oxygen atoms in total. The number of carbonyl (C=O) groups is 1. The largest absolute Gasteiger partial charge is 0.498 e. The molecule has 1 aliphatic rings. The second kappa shape index (κ2) is 5.76. The van der Waals surface area contributed by atoms with Gasteiger partial charge >= 0.3 is 7.12 Å². The number of Topliss-reactive ketones (excluding diaryl/α,β-unsaturated/α-hetero) is 1. The zero-order valence-electron chi connectivity index (χ0n) is 14.5. The molecule has 0 N–H and O–H groups in total. The van der Waals surface area contributed by atoms with Gasteiger partial charge in [-0.15, -0.1) is 0 Å². The summed E-state index contributed by atoms with van der Waals surface area (Å²) in [6.45, 7) is 11.5. The molecule has 1 unspecified atom stereocenters. The highest BCUT2D eigenvalue weighted by Crippen LogP contribution is 2.36. The van der Waals surface area contributed by atoms with E-state index in [2.05, 4.69) is 11.9 Å². The lowest BCUT2D eigenvalue weighted by atomic mass is 9.79. The molecule has 24 heavy (non-hydrogen) atoms. The standard InChI is InChI=1S/C19H21BNO3/c1-13(22)14-6-8-15(9-7-14)17-12-16(10-11-21-17)20-23-18(2,3)19(4,5)24-20/h6-12H,2H2,1,3-5H3/q+1. The lowest BCUT2D eigenvalue weighted by Gasteiger charge is -2.25. The fourth-order valence-electron chi connectivity index (χ4n) is 2.56. The van der Waals surface area contributed by atoms with Gasteiger partial charge in [0.25, 0.3) is 0 Å². The van der Waals surface area contributed by atoms with Gasteiger partial charge in [0.1, 0.15) is 5.60 Å². The van der Waals surface area contributed by atoms with Gasteiger partial charge in [0.15, 0.2) is 5.78 Å². The van der Waals surface area contributed by atoms with Crippen LogP contribution in [0.3, 0.4) is 0 Å². The predicted octanol–water partition coefficient (Wildman–Crippen LogP) is 3.06. The molecule has 1 fully saturated rings. The van der Waals surface area contributed by atoms with Crippen LogP contribution in [0.25, 0.3) is 11.3 Å². The van der Waals surface area contributed by atoms with Crippen LogP contribution in [0.2, 0.25) is 0 Å². The predicted molar refractivity (Wildman–Crippen MR) is 95.1 cm³/mol. The Morgan fingerprint density at radius 1 is 1.12 bits per heavy atom. The van der Waals surface area contributed by atoms with Crippen LogP contribution in [0.15, 0.2) is 42.6 Å². The normalized spacial score (nSPS) is 22.6. The summed E-state index contributed by atoms with van der Waals surface area (Å²) < 4.78 is 12.0. The summed E-state index contributed by atoms with van der Waals surface area (Å²) in [5, 5.41) is 0. The Morgan fingerprint density at radius 2 is 1.79 bits per heavy atom. The van der Waals surface area contributed by atoms with Gasteiger partial charge in [-0.3, -0.25) is 9.78 Å². The van der Waals surface area contributed by atoms with Crippen LogP contribution in [0.5, 0.6) is 0 Å². The number of aromatic nitrogens is 1. The summed E-state index contributed by atoms with van der Waals surface area (Å²) >= 11 is 0. The fourth-order valence-corrected chi connectivity index (χ4v) is 2.56. The number of rotatable bonds is 3.